The van der Waals surface area contributed by atoms with Gasteiger partial charge in [-0.25, -0.2) is 0 Å². The van der Waals surface area contributed by atoms with Gasteiger partial charge in [0.15, 0.2) is 5.43 Å². The maximum atomic E-state index is 12.7. The molecule has 0 radical (unpaired) electrons. The number of pyridine rings is 1. The van der Waals surface area contributed by atoms with E-state index < -0.39 is 17.3 Å². The summed E-state index contributed by atoms with van der Waals surface area (Å²) in [7, 11) is 0. The standard InChI is InChI=1S/C16H10F3NO/c17-16(18,19)15-9-14(21)12-8-11(6-7-13(12)20-15)10-4-2-1-3-5-10/h1-9H,(H,20,21). The molecule has 0 atom stereocenters. The fourth-order valence-electron chi connectivity index (χ4n) is 2.21. The normalized spacial score (nSPS) is 11.8. The Labute approximate surface area is 117 Å². The van der Waals surface area contributed by atoms with Crippen molar-refractivity contribution in [2.45, 2.75) is 6.18 Å². The summed E-state index contributed by atoms with van der Waals surface area (Å²) in [5, 5.41) is 0.240. The summed E-state index contributed by atoms with van der Waals surface area (Å²) in [6.45, 7) is 0. The van der Waals surface area contributed by atoms with Crippen molar-refractivity contribution in [2.24, 2.45) is 0 Å². The lowest BCUT2D eigenvalue weighted by atomic mass is 10.0. The molecule has 2 aromatic carbocycles. The van der Waals surface area contributed by atoms with Crippen LogP contribution in [0.2, 0.25) is 0 Å². The van der Waals surface area contributed by atoms with E-state index in [0.29, 0.717) is 6.07 Å². The first-order valence-corrected chi connectivity index (χ1v) is 6.25. The minimum Gasteiger partial charge on any atom is -0.351 e. The SMILES string of the molecule is O=c1cc(C(F)(F)F)[nH]c2ccc(-c3ccccc3)cc12. The fraction of sp³-hybridized carbons (Fsp3) is 0.0625. The molecule has 0 aliphatic carbocycles. The molecule has 0 saturated heterocycles. The second-order valence-corrected chi connectivity index (χ2v) is 4.67. The number of aromatic nitrogens is 1. The van der Waals surface area contributed by atoms with Gasteiger partial charge in [-0.3, -0.25) is 4.79 Å². The number of hydrogen-bond donors (Lipinski definition) is 1. The van der Waals surface area contributed by atoms with Crippen molar-refractivity contribution >= 4 is 10.9 Å². The molecule has 0 aliphatic heterocycles. The number of benzene rings is 2. The Kier molecular flexibility index (Phi) is 3.05. The van der Waals surface area contributed by atoms with Gasteiger partial charge in [-0.1, -0.05) is 36.4 Å². The van der Waals surface area contributed by atoms with E-state index >= 15 is 0 Å². The summed E-state index contributed by atoms with van der Waals surface area (Å²) >= 11 is 0. The molecular formula is C16H10F3NO. The predicted octanol–water partition coefficient (Wildman–Crippen LogP) is 4.21. The zero-order valence-electron chi connectivity index (χ0n) is 10.7. The molecule has 2 nitrogen and oxygen atoms in total. The van der Waals surface area contributed by atoms with Gasteiger partial charge in [-0.2, -0.15) is 13.2 Å². The number of hydrogen-bond acceptors (Lipinski definition) is 1. The first-order chi connectivity index (χ1) is 9.95. The molecule has 0 aliphatic rings. The Hall–Kier alpha value is -2.56. The van der Waals surface area contributed by atoms with Crippen LogP contribution in [-0.2, 0) is 6.18 Å². The zero-order valence-corrected chi connectivity index (χ0v) is 10.7. The van der Waals surface area contributed by atoms with E-state index in [4.69, 9.17) is 0 Å². The molecule has 0 bridgehead atoms. The second-order valence-electron chi connectivity index (χ2n) is 4.67. The molecule has 3 rings (SSSR count). The lowest BCUT2D eigenvalue weighted by Crippen LogP contribution is -2.13. The third-order valence-electron chi connectivity index (χ3n) is 3.24. The highest BCUT2D eigenvalue weighted by Crippen LogP contribution is 2.28. The van der Waals surface area contributed by atoms with Crippen molar-refractivity contribution in [2.75, 3.05) is 0 Å². The molecule has 1 heterocycles. The van der Waals surface area contributed by atoms with Gasteiger partial charge in [-0.05, 0) is 23.3 Å². The summed E-state index contributed by atoms with van der Waals surface area (Å²) < 4.78 is 38.0. The van der Waals surface area contributed by atoms with E-state index in [9.17, 15) is 18.0 Å². The second kappa shape index (κ2) is 4.77. The van der Waals surface area contributed by atoms with Crippen LogP contribution in [0.15, 0.2) is 59.4 Å². The van der Waals surface area contributed by atoms with Gasteiger partial charge in [0.1, 0.15) is 5.69 Å². The van der Waals surface area contributed by atoms with Crippen LogP contribution in [0.1, 0.15) is 5.69 Å². The van der Waals surface area contributed by atoms with E-state index in [1.165, 1.54) is 6.07 Å². The van der Waals surface area contributed by atoms with E-state index in [2.05, 4.69) is 4.98 Å². The van der Waals surface area contributed by atoms with Gasteiger partial charge in [0, 0.05) is 17.0 Å². The topological polar surface area (TPSA) is 32.9 Å². The lowest BCUT2D eigenvalue weighted by Gasteiger charge is -2.09. The zero-order chi connectivity index (χ0) is 15.0. The highest BCUT2D eigenvalue weighted by atomic mass is 19.4. The van der Waals surface area contributed by atoms with Crippen molar-refractivity contribution in [1.29, 1.82) is 0 Å². The maximum absolute atomic E-state index is 12.7. The minimum atomic E-state index is -4.56. The van der Waals surface area contributed by atoms with Crippen molar-refractivity contribution in [3.05, 3.63) is 70.5 Å². The summed E-state index contributed by atoms with van der Waals surface area (Å²) in [6.07, 6.45) is -4.56. The Bertz CT molecular complexity index is 851. The maximum Gasteiger partial charge on any atom is 0.431 e. The Morgan fingerprint density at radius 2 is 1.57 bits per heavy atom. The predicted molar refractivity (Wildman–Crippen MR) is 75.0 cm³/mol. The average Bonchev–Trinajstić information content (AvgIpc) is 2.47. The van der Waals surface area contributed by atoms with E-state index in [-0.39, 0.29) is 10.9 Å². The van der Waals surface area contributed by atoms with Crippen LogP contribution in [-0.4, -0.2) is 4.98 Å². The summed E-state index contributed by atoms with van der Waals surface area (Å²) in [5.74, 6) is 0. The molecule has 0 spiro atoms. The molecule has 3 aromatic rings. The van der Waals surface area contributed by atoms with Gasteiger partial charge in [-0.15, -0.1) is 0 Å². The van der Waals surface area contributed by atoms with E-state index in [1.807, 2.05) is 30.3 Å². The largest absolute Gasteiger partial charge is 0.431 e. The first-order valence-electron chi connectivity index (χ1n) is 6.25. The molecule has 1 N–H and O–H groups in total. The van der Waals surface area contributed by atoms with Gasteiger partial charge < -0.3 is 4.98 Å². The molecular weight excluding hydrogens is 279 g/mol. The van der Waals surface area contributed by atoms with Gasteiger partial charge >= 0.3 is 6.18 Å². The highest BCUT2D eigenvalue weighted by Gasteiger charge is 2.32. The smallest absolute Gasteiger partial charge is 0.351 e. The van der Waals surface area contributed by atoms with Crippen LogP contribution in [0, 0.1) is 0 Å². The molecule has 1 aromatic heterocycles. The Balaban J connectivity index is 2.20. The number of fused-ring (bicyclic) bond motifs is 1. The van der Waals surface area contributed by atoms with Crippen LogP contribution < -0.4 is 5.43 Å². The molecule has 0 amide bonds. The number of nitrogens with one attached hydrogen (secondary N) is 1. The summed E-state index contributed by atoms with van der Waals surface area (Å²) in [5.41, 5.74) is 0.183. The highest BCUT2D eigenvalue weighted by molar-refractivity contribution is 5.84. The first kappa shape index (κ1) is 13.4. The molecule has 106 valence electrons. The quantitative estimate of drug-likeness (QED) is 0.715. The third kappa shape index (κ3) is 2.54. The molecule has 0 unspecified atom stereocenters. The average molecular weight is 289 g/mol. The van der Waals surface area contributed by atoms with Crippen LogP contribution >= 0.6 is 0 Å². The van der Waals surface area contributed by atoms with Crippen LogP contribution in [0.4, 0.5) is 13.2 Å². The molecule has 0 saturated carbocycles. The summed E-state index contributed by atoms with van der Waals surface area (Å²) in [4.78, 5) is 14.2. The van der Waals surface area contributed by atoms with Gasteiger partial charge in [0.05, 0.1) is 0 Å². The minimum absolute atomic E-state index is 0.175. The molecule has 0 fully saturated rings. The van der Waals surface area contributed by atoms with Crippen molar-refractivity contribution in [3.63, 3.8) is 0 Å². The molecule has 5 heteroatoms. The number of rotatable bonds is 1. The van der Waals surface area contributed by atoms with Gasteiger partial charge in [0.2, 0.25) is 0 Å². The number of aromatic amines is 1. The van der Waals surface area contributed by atoms with Crippen molar-refractivity contribution in [3.8, 4) is 11.1 Å². The monoisotopic (exact) mass is 289 g/mol. The van der Waals surface area contributed by atoms with Crippen molar-refractivity contribution in [1.82, 2.24) is 4.98 Å². The Morgan fingerprint density at radius 3 is 2.24 bits per heavy atom. The molecule has 21 heavy (non-hydrogen) atoms. The number of alkyl halides is 3. The van der Waals surface area contributed by atoms with E-state index in [1.54, 1.807) is 12.1 Å². The van der Waals surface area contributed by atoms with Gasteiger partial charge in [0.25, 0.3) is 0 Å². The summed E-state index contributed by atoms with van der Waals surface area (Å²) in [6, 6.07) is 14.7. The number of halogens is 3. The van der Waals surface area contributed by atoms with Crippen LogP contribution in [0.5, 0.6) is 0 Å². The van der Waals surface area contributed by atoms with Crippen molar-refractivity contribution < 1.29 is 13.2 Å². The van der Waals surface area contributed by atoms with Crippen LogP contribution in [0.25, 0.3) is 22.0 Å². The van der Waals surface area contributed by atoms with E-state index in [0.717, 1.165) is 11.1 Å². The lowest BCUT2D eigenvalue weighted by molar-refractivity contribution is -0.141. The van der Waals surface area contributed by atoms with Crippen LogP contribution in [0.3, 0.4) is 0 Å². The fourth-order valence-corrected chi connectivity index (χ4v) is 2.21. The Morgan fingerprint density at radius 1 is 0.857 bits per heavy atom. The third-order valence-corrected chi connectivity index (χ3v) is 3.24. The number of H-pyrrole nitrogens is 1.